The van der Waals surface area contributed by atoms with E-state index in [1.54, 1.807) is 18.5 Å². The number of nitriles is 1. The number of benzene rings is 1. The second-order valence-electron chi connectivity index (χ2n) is 9.73. The molecule has 6 rings (SSSR count). The van der Waals surface area contributed by atoms with Gasteiger partial charge in [0.2, 0.25) is 0 Å². The summed E-state index contributed by atoms with van der Waals surface area (Å²) in [6.45, 7) is 2.85. The van der Waals surface area contributed by atoms with Crippen molar-refractivity contribution >= 4 is 34.4 Å². The largest absolute Gasteiger partial charge is 0.346 e. The lowest BCUT2D eigenvalue weighted by atomic mass is 9.84. The Balaban J connectivity index is 1.10. The van der Waals surface area contributed by atoms with Crippen molar-refractivity contribution in [2.24, 2.45) is 0 Å². The van der Waals surface area contributed by atoms with E-state index in [9.17, 15) is 10.1 Å². The zero-order valence-electron chi connectivity index (χ0n) is 20.1. The number of urea groups is 1. The summed E-state index contributed by atoms with van der Waals surface area (Å²) < 4.78 is 1.94. The van der Waals surface area contributed by atoms with E-state index in [4.69, 9.17) is 11.6 Å². The number of anilines is 1. The molecular formula is C26H26ClN9O. The molecule has 2 amide bonds. The Hall–Kier alpha value is -3.94. The molecule has 0 spiro atoms. The monoisotopic (exact) mass is 515 g/mol. The first-order chi connectivity index (χ1) is 18.1. The molecule has 2 saturated heterocycles. The van der Waals surface area contributed by atoms with Crippen LogP contribution in [0, 0.1) is 11.3 Å². The summed E-state index contributed by atoms with van der Waals surface area (Å²) in [6, 6.07) is 11.8. The van der Waals surface area contributed by atoms with Crippen LogP contribution in [0.15, 0.2) is 55.2 Å². The number of piperidine rings is 1. The first-order valence-corrected chi connectivity index (χ1v) is 12.7. The SMILES string of the molecule is N#CCC1(n2cc(-c3ncnc4[nH]ccc34)cn2)CN(C2CCN(C(=O)Nc3ccccc3Cl)CC2)C1. The second kappa shape index (κ2) is 9.50. The third kappa shape index (κ3) is 4.30. The lowest BCUT2D eigenvalue weighted by molar-refractivity contribution is -0.0399. The third-order valence-electron chi connectivity index (χ3n) is 7.48. The number of nitrogens with one attached hydrogen (secondary N) is 2. The van der Waals surface area contributed by atoms with Crippen molar-refractivity contribution in [3.8, 4) is 17.3 Å². The van der Waals surface area contributed by atoms with Crippen LogP contribution in [0.5, 0.6) is 0 Å². The van der Waals surface area contributed by atoms with E-state index in [1.807, 2.05) is 46.4 Å². The molecule has 0 bridgehead atoms. The average Bonchev–Trinajstić information content (AvgIpc) is 3.58. The number of amides is 2. The molecule has 10 nitrogen and oxygen atoms in total. The van der Waals surface area contributed by atoms with Gasteiger partial charge in [-0.1, -0.05) is 23.7 Å². The van der Waals surface area contributed by atoms with Gasteiger partial charge < -0.3 is 15.2 Å². The normalized spacial score (nSPS) is 17.9. The van der Waals surface area contributed by atoms with Crippen molar-refractivity contribution in [1.29, 1.82) is 5.26 Å². The maximum Gasteiger partial charge on any atom is 0.321 e. The van der Waals surface area contributed by atoms with Crippen molar-refractivity contribution in [2.45, 2.75) is 30.8 Å². The molecule has 4 aromatic rings. The van der Waals surface area contributed by atoms with Crippen LogP contribution < -0.4 is 5.32 Å². The number of hydrogen-bond donors (Lipinski definition) is 2. The molecule has 188 valence electrons. The van der Waals surface area contributed by atoms with Crippen LogP contribution >= 0.6 is 11.6 Å². The van der Waals surface area contributed by atoms with Gasteiger partial charge in [-0.15, -0.1) is 0 Å². The van der Waals surface area contributed by atoms with Gasteiger partial charge in [0.1, 0.15) is 17.5 Å². The van der Waals surface area contributed by atoms with Crippen molar-refractivity contribution in [3.63, 3.8) is 0 Å². The molecule has 37 heavy (non-hydrogen) atoms. The molecule has 0 unspecified atom stereocenters. The molecule has 0 atom stereocenters. The summed E-state index contributed by atoms with van der Waals surface area (Å²) in [5.74, 6) is 0. The van der Waals surface area contributed by atoms with Crippen LogP contribution in [0.25, 0.3) is 22.3 Å². The number of hydrogen-bond acceptors (Lipinski definition) is 6. The van der Waals surface area contributed by atoms with Gasteiger partial charge in [0.15, 0.2) is 0 Å². The van der Waals surface area contributed by atoms with E-state index >= 15 is 0 Å². The molecule has 1 aromatic carbocycles. The van der Waals surface area contributed by atoms with Crippen LogP contribution in [0.4, 0.5) is 10.5 Å². The van der Waals surface area contributed by atoms with E-state index < -0.39 is 0 Å². The highest BCUT2D eigenvalue weighted by Crippen LogP contribution is 2.37. The number of aromatic amines is 1. The highest BCUT2D eigenvalue weighted by molar-refractivity contribution is 6.33. The minimum Gasteiger partial charge on any atom is -0.346 e. The molecular weight excluding hydrogens is 490 g/mol. The Bertz CT molecular complexity index is 1470. The van der Waals surface area contributed by atoms with Gasteiger partial charge in [0.25, 0.3) is 0 Å². The second-order valence-corrected chi connectivity index (χ2v) is 10.1. The lowest BCUT2D eigenvalue weighted by Crippen LogP contribution is -2.66. The van der Waals surface area contributed by atoms with Gasteiger partial charge in [0, 0.05) is 55.6 Å². The molecule has 0 saturated carbocycles. The average molecular weight is 516 g/mol. The Morgan fingerprint density at radius 2 is 2.03 bits per heavy atom. The summed E-state index contributed by atoms with van der Waals surface area (Å²) in [4.78, 5) is 28.8. The molecule has 2 fully saturated rings. The summed E-state index contributed by atoms with van der Waals surface area (Å²) in [5, 5.41) is 18.6. The van der Waals surface area contributed by atoms with Crippen LogP contribution in [-0.4, -0.2) is 72.8 Å². The van der Waals surface area contributed by atoms with E-state index in [2.05, 4.69) is 36.3 Å². The highest BCUT2D eigenvalue weighted by atomic mass is 35.5. The van der Waals surface area contributed by atoms with Gasteiger partial charge in [-0.3, -0.25) is 9.58 Å². The number of carbonyl (C=O) groups excluding carboxylic acids is 1. The molecule has 0 aliphatic carbocycles. The van der Waals surface area contributed by atoms with Crippen molar-refractivity contribution in [2.75, 3.05) is 31.5 Å². The maximum absolute atomic E-state index is 12.7. The lowest BCUT2D eigenvalue weighted by Gasteiger charge is -2.53. The Labute approximate surface area is 218 Å². The van der Waals surface area contributed by atoms with Gasteiger partial charge in [0.05, 0.1) is 35.1 Å². The number of para-hydroxylation sites is 1. The fourth-order valence-electron chi connectivity index (χ4n) is 5.45. The highest BCUT2D eigenvalue weighted by Gasteiger charge is 2.48. The summed E-state index contributed by atoms with van der Waals surface area (Å²) >= 11 is 6.18. The van der Waals surface area contributed by atoms with Gasteiger partial charge in [-0.2, -0.15) is 10.4 Å². The van der Waals surface area contributed by atoms with E-state index in [0.29, 0.717) is 36.3 Å². The van der Waals surface area contributed by atoms with Crippen LogP contribution in [0.3, 0.4) is 0 Å². The number of likely N-dealkylation sites (tertiary alicyclic amines) is 2. The summed E-state index contributed by atoms with van der Waals surface area (Å²) in [5.41, 5.74) is 2.77. The summed E-state index contributed by atoms with van der Waals surface area (Å²) in [6.07, 6.45) is 9.35. The van der Waals surface area contributed by atoms with Gasteiger partial charge in [-0.25, -0.2) is 14.8 Å². The minimum atomic E-state index is -0.365. The van der Waals surface area contributed by atoms with Crippen LogP contribution in [0.1, 0.15) is 19.3 Å². The smallest absolute Gasteiger partial charge is 0.321 e. The van der Waals surface area contributed by atoms with E-state index in [1.165, 1.54) is 0 Å². The number of rotatable bonds is 5. The topological polar surface area (TPSA) is 119 Å². The molecule has 2 aliphatic heterocycles. The van der Waals surface area contributed by atoms with Crippen molar-refractivity contribution in [1.82, 2.24) is 34.5 Å². The standard InChI is InChI=1S/C26H26ClN9O/c27-21-3-1-2-4-22(21)33-25(37)34-11-6-19(7-12-34)35-15-26(16-35,8-9-28)36-14-18(13-32-36)23-20-5-10-29-24(20)31-17-30-23/h1-5,10,13-14,17,19H,6-8,11-12,15-16H2,(H,33,37)(H,29,30,31). The zero-order valence-corrected chi connectivity index (χ0v) is 20.9. The van der Waals surface area contributed by atoms with Gasteiger partial charge >= 0.3 is 6.03 Å². The fraction of sp³-hybridized carbons (Fsp3) is 0.346. The number of nitrogens with zero attached hydrogens (tertiary/aromatic N) is 7. The zero-order chi connectivity index (χ0) is 25.4. The molecule has 11 heteroatoms. The van der Waals surface area contributed by atoms with E-state index in [0.717, 1.165) is 48.2 Å². The number of fused-ring (bicyclic) bond motifs is 1. The quantitative estimate of drug-likeness (QED) is 0.413. The first-order valence-electron chi connectivity index (χ1n) is 12.3. The molecule has 0 radical (unpaired) electrons. The molecule has 3 aromatic heterocycles. The Kier molecular flexibility index (Phi) is 6.02. The molecule has 2 aliphatic rings. The third-order valence-corrected chi connectivity index (χ3v) is 7.81. The molecule has 5 heterocycles. The Morgan fingerprint density at radius 3 is 2.81 bits per heavy atom. The predicted molar refractivity (Wildman–Crippen MR) is 140 cm³/mol. The number of halogens is 1. The summed E-state index contributed by atoms with van der Waals surface area (Å²) in [7, 11) is 0. The fourth-order valence-corrected chi connectivity index (χ4v) is 5.63. The van der Waals surface area contributed by atoms with Crippen molar-refractivity contribution in [3.05, 3.63) is 60.3 Å². The molecule has 2 N–H and O–H groups in total. The van der Waals surface area contributed by atoms with E-state index in [-0.39, 0.29) is 11.6 Å². The number of H-pyrrole nitrogens is 1. The minimum absolute atomic E-state index is 0.126. The van der Waals surface area contributed by atoms with Crippen LogP contribution in [-0.2, 0) is 5.54 Å². The number of carbonyl (C=O) groups is 1. The number of aromatic nitrogens is 5. The maximum atomic E-state index is 12.7. The van der Waals surface area contributed by atoms with Crippen molar-refractivity contribution < 1.29 is 4.79 Å². The van der Waals surface area contributed by atoms with Gasteiger partial charge in [-0.05, 0) is 31.0 Å². The first kappa shape index (κ1) is 23.5. The Morgan fingerprint density at radius 1 is 1.22 bits per heavy atom. The van der Waals surface area contributed by atoms with Crippen LogP contribution in [0.2, 0.25) is 5.02 Å². The predicted octanol–water partition coefficient (Wildman–Crippen LogP) is 4.10.